The lowest BCUT2D eigenvalue weighted by atomic mass is 9.64. The maximum absolute atomic E-state index is 13.1. The second-order valence-electron chi connectivity index (χ2n) is 11.0. The van der Waals surface area contributed by atoms with Crippen LogP contribution < -0.4 is 20.7 Å². The van der Waals surface area contributed by atoms with Gasteiger partial charge in [-0.2, -0.15) is 0 Å². The smallest absolute Gasteiger partial charge is 0.481 e. The number of anilines is 1. The lowest BCUT2D eigenvalue weighted by molar-refractivity contribution is -0.274. The second kappa shape index (κ2) is 14.9. The van der Waals surface area contributed by atoms with Gasteiger partial charge in [-0.1, -0.05) is 38.8 Å². The third-order valence-electron chi connectivity index (χ3n) is 7.91. The molecule has 0 bridgehead atoms. The average molecular weight is 592 g/mol. The maximum atomic E-state index is 13.1. The Morgan fingerprint density at radius 3 is 2.10 bits per heavy atom. The predicted molar refractivity (Wildman–Crippen MR) is 153 cm³/mol. The zero-order chi connectivity index (χ0) is 30.8. The van der Waals surface area contributed by atoms with E-state index in [1.807, 2.05) is 0 Å². The van der Waals surface area contributed by atoms with E-state index in [0.29, 0.717) is 16.7 Å². The van der Waals surface area contributed by atoms with E-state index in [0.717, 1.165) is 56.2 Å². The minimum Gasteiger partial charge on any atom is -0.481 e. The molecule has 3 amide bonds. The monoisotopic (exact) mass is 591 g/mol. The number of urea groups is 1. The van der Waals surface area contributed by atoms with E-state index >= 15 is 0 Å². The van der Waals surface area contributed by atoms with Crippen molar-refractivity contribution in [1.82, 2.24) is 10.6 Å². The van der Waals surface area contributed by atoms with E-state index in [4.69, 9.17) is 5.11 Å². The van der Waals surface area contributed by atoms with Gasteiger partial charge in [-0.25, -0.2) is 4.79 Å². The molecule has 42 heavy (non-hydrogen) atoms. The number of carboxylic acid groups (broad SMARTS) is 1. The molecule has 2 aromatic carbocycles. The topological polar surface area (TPSA) is 117 Å². The number of halogens is 3. The third kappa shape index (κ3) is 9.95. The summed E-state index contributed by atoms with van der Waals surface area (Å²) < 4.78 is 41.3. The van der Waals surface area contributed by atoms with Crippen LogP contribution in [0.25, 0.3) is 0 Å². The number of carbonyl (C=O) groups is 3. The van der Waals surface area contributed by atoms with Crippen LogP contribution in [0.2, 0.25) is 0 Å². The molecule has 0 radical (unpaired) electrons. The molecule has 1 unspecified atom stereocenters. The molecule has 0 aliphatic heterocycles. The fourth-order valence-corrected chi connectivity index (χ4v) is 6.02. The van der Waals surface area contributed by atoms with Crippen molar-refractivity contribution in [2.24, 2.45) is 11.3 Å². The minimum absolute atomic E-state index is 0.0168. The zero-order valence-electron chi connectivity index (χ0n) is 24.1. The van der Waals surface area contributed by atoms with Crippen molar-refractivity contribution < 1.29 is 37.4 Å². The van der Waals surface area contributed by atoms with E-state index in [9.17, 15) is 27.6 Å². The highest BCUT2D eigenvalue weighted by Gasteiger charge is 2.37. The SMILES string of the molecule is CCCC1(CCC)CCC(C(NC(=O)Nc2ccc(OC(F)(F)F)cc2)c2ccc(C(=O)NCCC(=O)O)cc2)CC1. The van der Waals surface area contributed by atoms with E-state index in [2.05, 4.69) is 34.5 Å². The first-order valence-corrected chi connectivity index (χ1v) is 14.5. The van der Waals surface area contributed by atoms with Gasteiger partial charge in [0.05, 0.1) is 12.5 Å². The van der Waals surface area contributed by atoms with Crippen molar-refractivity contribution in [3.8, 4) is 5.75 Å². The van der Waals surface area contributed by atoms with Crippen molar-refractivity contribution in [2.75, 3.05) is 11.9 Å². The van der Waals surface area contributed by atoms with Crippen LogP contribution in [0, 0.1) is 11.3 Å². The molecule has 1 aliphatic rings. The van der Waals surface area contributed by atoms with Crippen LogP contribution in [0.15, 0.2) is 48.5 Å². The molecule has 1 saturated carbocycles. The number of hydrogen-bond donors (Lipinski definition) is 4. The molecule has 0 heterocycles. The summed E-state index contributed by atoms with van der Waals surface area (Å²) in [5.41, 5.74) is 1.82. The summed E-state index contributed by atoms with van der Waals surface area (Å²) in [4.78, 5) is 36.2. The number of carboxylic acids is 1. The summed E-state index contributed by atoms with van der Waals surface area (Å²) in [6, 6.07) is 10.9. The Labute approximate surface area is 244 Å². The first-order chi connectivity index (χ1) is 19.9. The highest BCUT2D eigenvalue weighted by atomic mass is 19.4. The highest BCUT2D eigenvalue weighted by molar-refractivity contribution is 5.94. The van der Waals surface area contributed by atoms with Crippen LogP contribution >= 0.6 is 0 Å². The number of rotatable bonds is 13. The van der Waals surface area contributed by atoms with Crippen LogP contribution in [0.5, 0.6) is 5.75 Å². The van der Waals surface area contributed by atoms with E-state index in [1.54, 1.807) is 24.3 Å². The van der Waals surface area contributed by atoms with Gasteiger partial charge < -0.3 is 25.8 Å². The van der Waals surface area contributed by atoms with Gasteiger partial charge in [0.15, 0.2) is 0 Å². The van der Waals surface area contributed by atoms with Crippen molar-refractivity contribution in [1.29, 1.82) is 0 Å². The Bertz CT molecular complexity index is 1170. The molecule has 0 saturated heterocycles. The number of nitrogens with one attached hydrogen (secondary N) is 3. The zero-order valence-corrected chi connectivity index (χ0v) is 24.1. The summed E-state index contributed by atoms with van der Waals surface area (Å²) in [6.45, 7) is 4.43. The second-order valence-corrected chi connectivity index (χ2v) is 11.0. The summed E-state index contributed by atoms with van der Waals surface area (Å²) in [5, 5.41) is 17.1. The van der Waals surface area contributed by atoms with Gasteiger partial charge in [-0.15, -0.1) is 13.2 Å². The van der Waals surface area contributed by atoms with Gasteiger partial charge in [-0.3, -0.25) is 9.59 Å². The van der Waals surface area contributed by atoms with Crippen molar-refractivity contribution in [3.05, 3.63) is 59.7 Å². The average Bonchev–Trinajstić information content (AvgIpc) is 2.93. The number of aliphatic carboxylic acids is 1. The number of benzene rings is 2. The Kier molecular flexibility index (Phi) is 11.6. The molecule has 8 nitrogen and oxygen atoms in total. The largest absolute Gasteiger partial charge is 0.573 e. The first-order valence-electron chi connectivity index (χ1n) is 14.5. The predicted octanol–water partition coefficient (Wildman–Crippen LogP) is 7.43. The normalized spacial score (nSPS) is 15.8. The minimum atomic E-state index is -4.81. The van der Waals surface area contributed by atoms with Crippen LogP contribution in [0.3, 0.4) is 0 Å². The molecule has 2 aromatic rings. The number of hydrogen-bond acceptors (Lipinski definition) is 4. The third-order valence-corrected chi connectivity index (χ3v) is 7.91. The summed E-state index contributed by atoms with van der Waals surface area (Å²) in [6.07, 6.45) is 3.57. The lowest BCUT2D eigenvalue weighted by Crippen LogP contribution is -2.39. The van der Waals surface area contributed by atoms with Gasteiger partial charge in [0.25, 0.3) is 5.91 Å². The van der Waals surface area contributed by atoms with Crippen molar-refractivity contribution >= 4 is 23.6 Å². The molecule has 230 valence electrons. The number of amides is 3. The Hall–Kier alpha value is -3.76. The first kappa shape index (κ1) is 32.8. The quantitative estimate of drug-likeness (QED) is 0.193. The Balaban J connectivity index is 1.75. The van der Waals surface area contributed by atoms with Gasteiger partial charge in [0.1, 0.15) is 5.75 Å². The van der Waals surface area contributed by atoms with Crippen molar-refractivity contribution in [3.63, 3.8) is 0 Å². The molecule has 4 N–H and O–H groups in total. The Morgan fingerprint density at radius 1 is 0.976 bits per heavy atom. The summed E-state index contributed by atoms with van der Waals surface area (Å²) in [7, 11) is 0. The van der Waals surface area contributed by atoms with Gasteiger partial charge in [-0.05, 0) is 91.8 Å². The van der Waals surface area contributed by atoms with Crippen LogP contribution in [0.1, 0.15) is 93.6 Å². The van der Waals surface area contributed by atoms with Crippen molar-refractivity contribution in [2.45, 2.75) is 84.0 Å². The van der Waals surface area contributed by atoms with Gasteiger partial charge in [0, 0.05) is 17.8 Å². The number of alkyl halides is 3. The van der Waals surface area contributed by atoms with E-state index in [1.165, 1.54) is 25.0 Å². The fourth-order valence-electron chi connectivity index (χ4n) is 6.02. The molecular formula is C31H40F3N3O5. The van der Waals surface area contributed by atoms with Crippen LogP contribution in [-0.2, 0) is 4.79 Å². The van der Waals surface area contributed by atoms with Crippen LogP contribution in [-0.4, -0.2) is 35.9 Å². The van der Waals surface area contributed by atoms with E-state index in [-0.39, 0.29) is 36.6 Å². The molecule has 1 atom stereocenters. The lowest BCUT2D eigenvalue weighted by Gasteiger charge is -2.43. The molecule has 1 aliphatic carbocycles. The van der Waals surface area contributed by atoms with Gasteiger partial charge >= 0.3 is 18.4 Å². The molecule has 11 heteroatoms. The summed E-state index contributed by atoms with van der Waals surface area (Å²) >= 11 is 0. The molecular weight excluding hydrogens is 551 g/mol. The molecule has 0 aromatic heterocycles. The maximum Gasteiger partial charge on any atom is 0.573 e. The Morgan fingerprint density at radius 2 is 1.57 bits per heavy atom. The van der Waals surface area contributed by atoms with E-state index < -0.39 is 18.4 Å². The summed E-state index contributed by atoms with van der Waals surface area (Å²) in [5.74, 6) is -1.62. The number of ether oxygens (including phenoxy) is 1. The van der Waals surface area contributed by atoms with Gasteiger partial charge in [0.2, 0.25) is 0 Å². The fraction of sp³-hybridized carbons (Fsp3) is 0.516. The molecule has 3 rings (SSSR count). The molecule has 1 fully saturated rings. The standard InChI is InChI=1S/C31H40F3N3O5/c1-3-16-30(17-4-2)18-13-22(14-19-30)27(21-5-7-23(8-6-21)28(40)35-20-15-26(38)39)37-29(41)36-24-9-11-25(12-10-24)42-31(32,33)34/h5-12,22,27H,3-4,13-20H2,1-2H3,(H,35,40)(H,38,39)(H2,36,37,41). The highest BCUT2D eigenvalue weighted by Crippen LogP contribution is 2.48. The van der Waals surface area contributed by atoms with Crippen LogP contribution in [0.4, 0.5) is 23.7 Å². The number of carbonyl (C=O) groups excluding carboxylic acids is 2. The molecule has 0 spiro atoms.